The largest absolute Gasteiger partial charge is 0.322 e. The summed E-state index contributed by atoms with van der Waals surface area (Å²) in [7, 11) is 0. The topological polar surface area (TPSA) is 80.9 Å². The number of carbonyl (C=O) groups excluding carboxylic acids is 1. The Bertz CT molecular complexity index is 567. The molecule has 0 atom stereocenters. The van der Waals surface area contributed by atoms with E-state index < -0.39 is 17.5 Å². The Morgan fingerprint density at radius 3 is 2.61 bits per heavy atom. The summed E-state index contributed by atoms with van der Waals surface area (Å²) in [6, 6.07) is 3.50. The molecule has 0 fully saturated rings. The van der Waals surface area contributed by atoms with Gasteiger partial charge in [0.15, 0.2) is 5.01 Å². The lowest BCUT2D eigenvalue weighted by atomic mass is 10.2. The van der Waals surface area contributed by atoms with Crippen molar-refractivity contribution in [2.45, 2.75) is 0 Å². The first-order valence-electron chi connectivity index (χ1n) is 4.89. The monoisotopic (exact) mass is 270 g/mol. The van der Waals surface area contributed by atoms with Crippen LogP contribution in [0.4, 0.5) is 13.9 Å². The number of anilines is 1. The van der Waals surface area contributed by atoms with Crippen molar-refractivity contribution in [3.63, 3.8) is 0 Å². The predicted octanol–water partition coefficient (Wildman–Crippen LogP) is 1.38. The number of rotatable bonds is 3. The molecule has 5 nitrogen and oxygen atoms in total. The number of amides is 1. The van der Waals surface area contributed by atoms with Crippen LogP contribution in [-0.4, -0.2) is 22.6 Å². The lowest BCUT2D eigenvalue weighted by Gasteiger charge is -1.99. The van der Waals surface area contributed by atoms with Gasteiger partial charge in [-0.05, 0) is 12.1 Å². The zero-order valence-electron chi connectivity index (χ0n) is 8.98. The van der Waals surface area contributed by atoms with Crippen LogP contribution in [0.15, 0.2) is 18.2 Å². The first-order chi connectivity index (χ1) is 8.61. The maximum atomic E-state index is 13.5. The number of halogens is 2. The van der Waals surface area contributed by atoms with Crippen molar-refractivity contribution in [2.75, 3.05) is 11.9 Å². The molecule has 0 unspecified atom stereocenters. The van der Waals surface area contributed by atoms with Crippen molar-refractivity contribution in [3.8, 4) is 10.6 Å². The lowest BCUT2D eigenvalue weighted by molar-refractivity contribution is -0.114. The van der Waals surface area contributed by atoms with Gasteiger partial charge in [-0.25, -0.2) is 8.78 Å². The smallest absolute Gasteiger partial charge is 0.239 e. The molecule has 18 heavy (non-hydrogen) atoms. The number of benzene rings is 1. The van der Waals surface area contributed by atoms with Gasteiger partial charge >= 0.3 is 0 Å². The summed E-state index contributed by atoms with van der Waals surface area (Å²) in [4.78, 5) is 11.0. The number of hydrogen-bond donors (Lipinski definition) is 2. The zero-order chi connectivity index (χ0) is 13.1. The average molecular weight is 270 g/mol. The van der Waals surface area contributed by atoms with Crippen molar-refractivity contribution in [2.24, 2.45) is 5.73 Å². The number of nitrogens with zero attached hydrogens (tertiary/aromatic N) is 2. The van der Waals surface area contributed by atoms with Crippen LogP contribution in [0, 0.1) is 11.6 Å². The van der Waals surface area contributed by atoms with E-state index in [9.17, 15) is 13.6 Å². The van der Waals surface area contributed by atoms with E-state index >= 15 is 0 Å². The van der Waals surface area contributed by atoms with Gasteiger partial charge in [-0.1, -0.05) is 17.4 Å². The van der Waals surface area contributed by atoms with E-state index in [1.807, 2.05) is 0 Å². The fraction of sp³-hybridized carbons (Fsp3) is 0.100. The van der Waals surface area contributed by atoms with Gasteiger partial charge in [0.05, 0.1) is 12.1 Å². The number of nitrogens with one attached hydrogen (secondary N) is 1. The van der Waals surface area contributed by atoms with Crippen LogP contribution in [0.1, 0.15) is 0 Å². The third-order valence-corrected chi connectivity index (χ3v) is 2.89. The van der Waals surface area contributed by atoms with Gasteiger partial charge in [-0.15, -0.1) is 10.2 Å². The average Bonchev–Trinajstić information content (AvgIpc) is 2.77. The molecule has 1 amide bonds. The highest BCUT2D eigenvalue weighted by Crippen LogP contribution is 2.30. The molecule has 0 aliphatic heterocycles. The molecular formula is C10H8F2N4OS. The van der Waals surface area contributed by atoms with Crippen molar-refractivity contribution >= 4 is 22.4 Å². The summed E-state index contributed by atoms with van der Waals surface area (Å²) >= 11 is 0.868. The quantitative estimate of drug-likeness (QED) is 0.883. The molecule has 2 aromatic rings. The van der Waals surface area contributed by atoms with E-state index in [4.69, 9.17) is 5.73 Å². The van der Waals surface area contributed by atoms with E-state index in [1.165, 1.54) is 6.07 Å². The second-order valence-electron chi connectivity index (χ2n) is 3.26. The van der Waals surface area contributed by atoms with Crippen LogP contribution in [0.25, 0.3) is 10.6 Å². The minimum atomic E-state index is -0.733. The minimum absolute atomic E-state index is 0.0536. The first-order valence-corrected chi connectivity index (χ1v) is 5.71. The van der Waals surface area contributed by atoms with Gasteiger partial charge in [0.2, 0.25) is 11.0 Å². The second-order valence-corrected chi connectivity index (χ2v) is 4.24. The summed E-state index contributed by atoms with van der Waals surface area (Å²) in [6.45, 7) is -0.205. The molecule has 0 spiro atoms. The fourth-order valence-electron chi connectivity index (χ4n) is 1.25. The Balaban J connectivity index is 2.32. The lowest BCUT2D eigenvalue weighted by Crippen LogP contribution is -2.21. The Morgan fingerprint density at radius 1 is 1.33 bits per heavy atom. The minimum Gasteiger partial charge on any atom is -0.322 e. The van der Waals surface area contributed by atoms with Crippen LogP contribution >= 0.6 is 11.3 Å². The third kappa shape index (κ3) is 2.49. The van der Waals surface area contributed by atoms with Gasteiger partial charge in [-0.3, -0.25) is 10.1 Å². The summed E-state index contributed by atoms with van der Waals surface area (Å²) in [5.74, 6) is -1.92. The number of hydrogen-bond acceptors (Lipinski definition) is 5. The standard InChI is InChI=1S/C10H8F2N4OS/c11-5-2-1-3-6(12)8(5)9-15-16-10(18-9)14-7(17)4-13/h1-3H,4,13H2,(H,14,16,17). The van der Waals surface area contributed by atoms with Crippen molar-refractivity contribution in [3.05, 3.63) is 29.8 Å². The molecule has 2 rings (SSSR count). The fourth-order valence-corrected chi connectivity index (χ4v) is 2.06. The predicted molar refractivity (Wildman–Crippen MR) is 62.9 cm³/mol. The van der Waals surface area contributed by atoms with E-state index in [2.05, 4.69) is 15.5 Å². The molecule has 0 aliphatic carbocycles. The Kier molecular flexibility index (Phi) is 3.58. The summed E-state index contributed by atoms with van der Waals surface area (Å²) in [6.07, 6.45) is 0. The highest BCUT2D eigenvalue weighted by atomic mass is 32.1. The van der Waals surface area contributed by atoms with Gasteiger partial charge in [-0.2, -0.15) is 0 Å². The molecule has 0 radical (unpaired) electrons. The highest BCUT2D eigenvalue weighted by molar-refractivity contribution is 7.18. The molecule has 3 N–H and O–H groups in total. The molecule has 1 heterocycles. The van der Waals surface area contributed by atoms with Crippen molar-refractivity contribution in [1.29, 1.82) is 0 Å². The summed E-state index contributed by atoms with van der Waals surface area (Å²) in [5.41, 5.74) is 4.85. The molecule has 0 bridgehead atoms. The highest BCUT2D eigenvalue weighted by Gasteiger charge is 2.16. The van der Waals surface area contributed by atoms with Crippen LogP contribution < -0.4 is 11.1 Å². The number of carbonyl (C=O) groups is 1. The van der Waals surface area contributed by atoms with Crippen LogP contribution in [0.3, 0.4) is 0 Å². The van der Waals surface area contributed by atoms with E-state index in [-0.39, 0.29) is 22.2 Å². The van der Waals surface area contributed by atoms with Gasteiger partial charge in [0.1, 0.15) is 11.6 Å². The SMILES string of the molecule is NCC(=O)Nc1nnc(-c2c(F)cccc2F)s1. The normalized spacial score (nSPS) is 10.4. The molecular weight excluding hydrogens is 262 g/mol. The van der Waals surface area contributed by atoms with Gasteiger partial charge in [0, 0.05) is 0 Å². The number of nitrogens with two attached hydrogens (primary N) is 1. The van der Waals surface area contributed by atoms with E-state index in [1.54, 1.807) is 0 Å². The Hall–Kier alpha value is -1.93. The molecule has 94 valence electrons. The van der Waals surface area contributed by atoms with Gasteiger partial charge < -0.3 is 5.73 Å². The first kappa shape index (κ1) is 12.5. The van der Waals surface area contributed by atoms with Gasteiger partial charge in [0.25, 0.3) is 0 Å². The van der Waals surface area contributed by atoms with Crippen LogP contribution in [-0.2, 0) is 4.79 Å². The van der Waals surface area contributed by atoms with Crippen LogP contribution in [0.5, 0.6) is 0 Å². The Labute approximate surface area is 105 Å². The van der Waals surface area contributed by atoms with Crippen molar-refractivity contribution < 1.29 is 13.6 Å². The number of aromatic nitrogens is 2. The van der Waals surface area contributed by atoms with Crippen LogP contribution in [0.2, 0.25) is 0 Å². The van der Waals surface area contributed by atoms with Crippen molar-refractivity contribution in [1.82, 2.24) is 10.2 Å². The maximum Gasteiger partial charge on any atom is 0.239 e. The third-order valence-electron chi connectivity index (χ3n) is 2.03. The molecule has 8 heteroatoms. The second kappa shape index (κ2) is 5.15. The molecule has 0 aliphatic rings. The zero-order valence-corrected chi connectivity index (χ0v) is 9.80. The maximum absolute atomic E-state index is 13.5. The molecule has 1 aromatic carbocycles. The van der Waals surface area contributed by atoms with E-state index in [0.717, 1.165) is 23.5 Å². The van der Waals surface area contributed by atoms with E-state index in [0.29, 0.717) is 0 Å². The summed E-state index contributed by atoms with van der Waals surface area (Å²) < 4.78 is 26.9. The summed E-state index contributed by atoms with van der Waals surface area (Å²) in [5, 5.41) is 9.79. The molecule has 0 saturated heterocycles. The molecule has 1 aromatic heterocycles. The molecule has 0 saturated carbocycles. The Morgan fingerprint density at radius 2 is 2.00 bits per heavy atom.